The van der Waals surface area contributed by atoms with E-state index in [2.05, 4.69) is 10.6 Å². The van der Waals surface area contributed by atoms with Crippen molar-refractivity contribution >= 4 is 11.9 Å². The lowest BCUT2D eigenvalue weighted by Crippen LogP contribution is -2.43. The highest BCUT2D eigenvalue weighted by atomic mass is 16.5. The van der Waals surface area contributed by atoms with Crippen LogP contribution < -0.4 is 15.4 Å². The van der Waals surface area contributed by atoms with Gasteiger partial charge in [0.05, 0.1) is 11.6 Å². The molecule has 1 aromatic carbocycles. The topological polar surface area (TPSA) is 91.2 Å². The third-order valence-electron chi connectivity index (χ3n) is 2.13. The van der Waals surface area contributed by atoms with Crippen molar-refractivity contribution in [3.8, 4) is 11.8 Å². The Hall–Kier alpha value is -2.55. The van der Waals surface area contributed by atoms with E-state index in [-0.39, 0.29) is 0 Å². The van der Waals surface area contributed by atoms with Crippen molar-refractivity contribution in [3.63, 3.8) is 0 Å². The number of imide groups is 1. The van der Waals surface area contributed by atoms with Crippen LogP contribution in [0.1, 0.15) is 12.5 Å². The summed E-state index contributed by atoms with van der Waals surface area (Å²) in [7, 11) is 1.41. The minimum Gasteiger partial charge on any atom is -0.481 e. The monoisotopic (exact) mass is 247 g/mol. The minimum absolute atomic E-state index is 0.452. The van der Waals surface area contributed by atoms with Crippen molar-refractivity contribution in [3.05, 3.63) is 29.8 Å². The molecule has 0 fully saturated rings. The maximum absolute atomic E-state index is 11.5. The maximum Gasteiger partial charge on any atom is 0.321 e. The van der Waals surface area contributed by atoms with Gasteiger partial charge in [-0.1, -0.05) is 0 Å². The third kappa shape index (κ3) is 3.79. The highest BCUT2D eigenvalue weighted by Gasteiger charge is 2.16. The lowest BCUT2D eigenvalue weighted by atomic mass is 10.2. The molecule has 0 spiro atoms. The highest BCUT2D eigenvalue weighted by Crippen LogP contribution is 2.13. The number of carbonyl (C=O) groups is 2. The molecule has 3 amide bonds. The smallest absolute Gasteiger partial charge is 0.321 e. The van der Waals surface area contributed by atoms with Crippen LogP contribution >= 0.6 is 0 Å². The van der Waals surface area contributed by atoms with E-state index in [0.717, 1.165) is 0 Å². The summed E-state index contributed by atoms with van der Waals surface area (Å²) in [5.41, 5.74) is 0.504. The first-order valence-corrected chi connectivity index (χ1v) is 5.26. The summed E-state index contributed by atoms with van der Waals surface area (Å²) in [5.74, 6) is -0.0905. The van der Waals surface area contributed by atoms with E-state index in [9.17, 15) is 9.59 Å². The molecule has 0 heterocycles. The third-order valence-corrected chi connectivity index (χ3v) is 2.13. The molecule has 1 aromatic rings. The number of benzene rings is 1. The minimum atomic E-state index is -0.810. The Kier molecular flexibility index (Phi) is 4.69. The summed E-state index contributed by atoms with van der Waals surface area (Å²) in [6.07, 6.45) is -0.810. The average molecular weight is 247 g/mol. The Morgan fingerprint density at radius 2 is 1.94 bits per heavy atom. The lowest BCUT2D eigenvalue weighted by molar-refractivity contribution is -0.126. The van der Waals surface area contributed by atoms with Crippen LogP contribution in [-0.2, 0) is 4.79 Å². The zero-order valence-corrected chi connectivity index (χ0v) is 10.1. The predicted molar refractivity (Wildman–Crippen MR) is 63.8 cm³/mol. The second-order valence-electron chi connectivity index (χ2n) is 3.46. The summed E-state index contributed by atoms with van der Waals surface area (Å²) >= 11 is 0. The molecule has 0 unspecified atom stereocenters. The molecular weight excluding hydrogens is 234 g/mol. The zero-order valence-electron chi connectivity index (χ0n) is 10.1. The van der Waals surface area contributed by atoms with Crippen molar-refractivity contribution in [1.29, 1.82) is 5.26 Å². The molecular formula is C12H13N3O3. The molecule has 6 heteroatoms. The van der Waals surface area contributed by atoms with Gasteiger partial charge in [0.25, 0.3) is 5.91 Å². The summed E-state index contributed by atoms with van der Waals surface area (Å²) in [6.45, 7) is 1.52. The first-order valence-electron chi connectivity index (χ1n) is 5.26. The van der Waals surface area contributed by atoms with Gasteiger partial charge in [-0.25, -0.2) is 4.79 Å². The number of carbonyl (C=O) groups excluding carboxylic acids is 2. The highest BCUT2D eigenvalue weighted by molar-refractivity contribution is 5.96. The van der Waals surface area contributed by atoms with Crippen molar-refractivity contribution in [2.24, 2.45) is 0 Å². The van der Waals surface area contributed by atoms with Gasteiger partial charge in [0.1, 0.15) is 5.75 Å². The molecule has 94 valence electrons. The fourth-order valence-corrected chi connectivity index (χ4v) is 1.14. The van der Waals surface area contributed by atoms with E-state index >= 15 is 0 Å². The second-order valence-corrected chi connectivity index (χ2v) is 3.46. The van der Waals surface area contributed by atoms with Gasteiger partial charge in [-0.2, -0.15) is 5.26 Å². The molecule has 0 saturated carbocycles. The number of hydrogen-bond donors (Lipinski definition) is 2. The van der Waals surface area contributed by atoms with Crippen LogP contribution in [0.15, 0.2) is 24.3 Å². The Balaban J connectivity index is 2.58. The van der Waals surface area contributed by atoms with Gasteiger partial charge in [0, 0.05) is 7.05 Å². The van der Waals surface area contributed by atoms with Crippen molar-refractivity contribution < 1.29 is 14.3 Å². The normalized spacial score (nSPS) is 10.9. The standard InChI is InChI=1S/C12H13N3O3/c1-8(11(16)15-12(17)14-2)18-10-5-3-9(7-13)4-6-10/h3-6,8H,1-2H3,(H2,14,15,16,17)/t8-/m1/s1. The molecule has 0 aliphatic rings. The van der Waals surface area contributed by atoms with Crippen LogP contribution in [0.3, 0.4) is 0 Å². The molecule has 0 aromatic heterocycles. The SMILES string of the molecule is CNC(=O)NC(=O)[C@@H](C)Oc1ccc(C#N)cc1. The number of urea groups is 1. The van der Waals surface area contributed by atoms with E-state index in [4.69, 9.17) is 10.00 Å². The fourth-order valence-electron chi connectivity index (χ4n) is 1.14. The molecule has 18 heavy (non-hydrogen) atoms. The maximum atomic E-state index is 11.5. The molecule has 0 radical (unpaired) electrons. The molecule has 2 N–H and O–H groups in total. The number of nitrogens with one attached hydrogen (secondary N) is 2. The Morgan fingerprint density at radius 3 is 2.44 bits per heavy atom. The number of ether oxygens (including phenoxy) is 1. The van der Waals surface area contributed by atoms with Crippen LogP contribution in [0.25, 0.3) is 0 Å². The summed E-state index contributed by atoms with van der Waals surface area (Å²) in [6, 6.07) is 7.72. The molecule has 1 rings (SSSR count). The van der Waals surface area contributed by atoms with E-state index < -0.39 is 18.0 Å². The zero-order chi connectivity index (χ0) is 13.5. The summed E-state index contributed by atoms with van der Waals surface area (Å²) < 4.78 is 5.32. The van der Waals surface area contributed by atoms with Crippen LogP contribution in [0.5, 0.6) is 5.75 Å². The number of nitrogens with zero attached hydrogens (tertiary/aromatic N) is 1. The largest absolute Gasteiger partial charge is 0.481 e. The first-order chi connectivity index (χ1) is 8.56. The fraction of sp³-hybridized carbons (Fsp3) is 0.250. The van der Waals surface area contributed by atoms with E-state index in [1.54, 1.807) is 24.3 Å². The van der Waals surface area contributed by atoms with Gasteiger partial charge >= 0.3 is 6.03 Å². The summed E-state index contributed by atoms with van der Waals surface area (Å²) in [4.78, 5) is 22.4. The number of rotatable bonds is 3. The molecule has 0 bridgehead atoms. The van der Waals surface area contributed by atoms with Gasteiger partial charge in [-0.3, -0.25) is 10.1 Å². The molecule has 0 aliphatic carbocycles. The Morgan fingerprint density at radius 1 is 1.33 bits per heavy atom. The molecule has 0 aliphatic heterocycles. The summed E-state index contributed by atoms with van der Waals surface area (Å²) in [5, 5.41) is 13.0. The van der Waals surface area contributed by atoms with Gasteiger partial charge in [0.15, 0.2) is 6.10 Å². The lowest BCUT2D eigenvalue weighted by Gasteiger charge is -2.13. The first kappa shape index (κ1) is 13.5. The van der Waals surface area contributed by atoms with Gasteiger partial charge in [0.2, 0.25) is 0 Å². The van der Waals surface area contributed by atoms with E-state index in [0.29, 0.717) is 11.3 Å². The second kappa shape index (κ2) is 6.25. The van der Waals surface area contributed by atoms with E-state index in [1.165, 1.54) is 14.0 Å². The van der Waals surface area contributed by atoms with Crippen molar-refractivity contribution in [1.82, 2.24) is 10.6 Å². The number of hydrogen-bond acceptors (Lipinski definition) is 4. The molecule has 6 nitrogen and oxygen atoms in total. The quantitative estimate of drug-likeness (QED) is 0.825. The predicted octanol–water partition coefficient (Wildman–Crippen LogP) is 0.781. The van der Waals surface area contributed by atoms with Crippen LogP contribution in [0.4, 0.5) is 4.79 Å². The average Bonchev–Trinajstić information content (AvgIpc) is 2.39. The van der Waals surface area contributed by atoms with Crippen molar-refractivity contribution in [2.75, 3.05) is 7.05 Å². The number of amides is 3. The van der Waals surface area contributed by atoms with Crippen LogP contribution in [0, 0.1) is 11.3 Å². The van der Waals surface area contributed by atoms with Gasteiger partial charge in [-0.15, -0.1) is 0 Å². The van der Waals surface area contributed by atoms with Gasteiger partial charge in [-0.05, 0) is 31.2 Å². The molecule has 1 atom stereocenters. The van der Waals surface area contributed by atoms with Crippen LogP contribution in [-0.4, -0.2) is 25.1 Å². The number of nitriles is 1. The van der Waals surface area contributed by atoms with Crippen molar-refractivity contribution in [2.45, 2.75) is 13.0 Å². The van der Waals surface area contributed by atoms with Gasteiger partial charge < -0.3 is 10.1 Å². The van der Waals surface area contributed by atoms with E-state index in [1.807, 2.05) is 6.07 Å². The Labute approximate surface area is 105 Å². The van der Waals surface area contributed by atoms with Crippen LogP contribution in [0.2, 0.25) is 0 Å². The molecule has 0 saturated heterocycles. The Bertz CT molecular complexity index is 476.